The molecule has 1 aromatic rings. The predicted octanol–water partition coefficient (Wildman–Crippen LogP) is 2.95. The van der Waals surface area contributed by atoms with Crippen LogP contribution in [0.15, 0.2) is 29.3 Å². The molecular weight excluding hydrogens is 272 g/mol. The lowest BCUT2D eigenvalue weighted by Gasteiger charge is -2.17. The fraction of sp³-hybridized carbons (Fsp3) is 0.611. The van der Waals surface area contributed by atoms with Gasteiger partial charge in [0.25, 0.3) is 0 Å². The van der Waals surface area contributed by atoms with Crippen LogP contribution >= 0.6 is 0 Å². The summed E-state index contributed by atoms with van der Waals surface area (Å²) in [4.78, 5) is 7.07. The van der Waals surface area contributed by atoms with Crippen LogP contribution < -0.4 is 11.1 Å². The number of hydrogen-bond donors (Lipinski definition) is 2. The molecule has 4 nitrogen and oxygen atoms in total. The van der Waals surface area contributed by atoms with Gasteiger partial charge in [0.15, 0.2) is 5.96 Å². The highest BCUT2D eigenvalue weighted by atomic mass is 15.2. The third-order valence-corrected chi connectivity index (χ3v) is 4.12. The van der Waals surface area contributed by atoms with Gasteiger partial charge in [-0.2, -0.15) is 0 Å². The quantitative estimate of drug-likeness (QED) is 0.627. The lowest BCUT2D eigenvalue weighted by molar-refractivity contribution is 0.288. The van der Waals surface area contributed by atoms with Crippen LogP contribution in [0.25, 0.3) is 0 Å². The second kappa shape index (κ2) is 8.18. The topological polar surface area (TPSA) is 53.6 Å². The molecule has 1 aliphatic rings. The number of nitrogens with two attached hydrogens (primary N) is 1. The molecule has 1 heterocycles. The van der Waals surface area contributed by atoms with Crippen molar-refractivity contribution < 1.29 is 0 Å². The van der Waals surface area contributed by atoms with Crippen LogP contribution in [0.4, 0.5) is 5.69 Å². The summed E-state index contributed by atoms with van der Waals surface area (Å²) in [7, 11) is 0. The normalized spacial score (nSPS) is 19.8. The first-order valence-electron chi connectivity index (χ1n) is 8.45. The number of nitrogens with zero attached hydrogens (tertiary/aromatic N) is 2. The van der Waals surface area contributed by atoms with Crippen molar-refractivity contribution in [1.29, 1.82) is 0 Å². The molecule has 1 saturated heterocycles. The largest absolute Gasteiger partial charge is 0.370 e. The number of benzene rings is 1. The van der Waals surface area contributed by atoms with E-state index in [0.717, 1.165) is 31.1 Å². The van der Waals surface area contributed by atoms with Crippen molar-refractivity contribution in [2.75, 3.05) is 31.5 Å². The Labute approximate surface area is 134 Å². The van der Waals surface area contributed by atoms with Gasteiger partial charge in [0.1, 0.15) is 0 Å². The number of guanidine groups is 1. The molecule has 0 spiro atoms. The lowest BCUT2D eigenvalue weighted by atomic mass is 10.1. The highest BCUT2D eigenvalue weighted by Crippen LogP contribution is 2.17. The number of aryl methyl sites for hydroxylation is 1. The van der Waals surface area contributed by atoms with Crippen molar-refractivity contribution in [3.05, 3.63) is 29.8 Å². The number of nitrogens with one attached hydrogen (secondary N) is 1. The van der Waals surface area contributed by atoms with Gasteiger partial charge in [-0.25, -0.2) is 0 Å². The van der Waals surface area contributed by atoms with Crippen molar-refractivity contribution in [1.82, 2.24) is 4.90 Å². The minimum absolute atomic E-state index is 0.524. The van der Waals surface area contributed by atoms with E-state index in [1.807, 2.05) is 6.07 Å². The molecule has 4 heteroatoms. The zero-order valence-corrected chi connectivity index (χ0v) is 14.2. The third-order valence-electron chi connectivity index (χ3n) is 4.12. The molecule has 2 rings (SSSR count). The van der Waals surface area contributed by atoms with Crippen molar-refractivity contribution in [2.24, 2.45) is 22.6 Å². The number of likely N-dealkylation sites (tertiary alicyclic amines) is 1. The van der Waals surface area contributed by atoms with Crippen LogP contribution in [0.5, 0.6) is 0 Å². The molecule has 1 atom stereocenters. The number of hydrogen-bond acceptors (Lipinski definition) is 2. The third kappa shape index (κ3) is 5.34. The lowest BCUT2D eigenvalue weighted by Crippen LogP contribution is -2.27. The van der Waals surface area contributed by atoms with E-state index in [-0.39, 0.29) is 0 Å². The van der Waals surface area contributed by atoms with Gasteiger partial charge in [-0.15, -0.1) is 0 Å². The van der Waals surface area contributed by atoms with Gasteiger partial charge in [0, 0.05) is 25.3 Å². The van der Waals surface area contributed by atoms with Crippen LogP contribution in [0.3, 0.4) is 0 Å². The van der Waals surface area contributed by atoms with E-state index < -0.39 is 0 Å². The summed E-state index contributed by atoms with van der Waals surface area (Å²) in [5.41, 5.74) is 8.34. The molecule has 1 aliphatic heterocycles. The summed E-state index contributed by atoms with van der Waals surface area (Å²) in [5, 5.41) is 3.20. The van der Waals surface area contributed by atoms with E-state index >= 15 is 0 Å². The van der Waals surface area contributed by atoms with Gasteiger partial charge in [-0.05, 0) is 48.9 Å². The smallest absolute Gasteiger partial charge is 0.193 e. The van der Waals surface area contributed by atoms with Crippen molar-refractivity contribution >= 4 is 11.6 Å². The average molecular weight is 302 g/mol. The molecule has 0 saturated carbocycles. The molecule has 1 fully saturated rings. The van der Waals surface area contributed by atoms with Crippen molar-refractivity contribution in [3.63, 3.8) is 0 Å². The first kappa shape index (κ1) is 16.8. The first-order valence-corrected chi connectivity index (χ1v) is 8.45. The Balaban J connectivity index is 1.80. The fourth-order valence-corrected chi connectivity index (χ4v) is 3.03. The van der Waals surface area contributed by atoms with Crippen LogP contribution in [-0.2, 0) is 6.42 Å². The Kier molecular flexibility index (Phi) is 6.25. The van der Waals surface area contributed by atoms with Gasteiger partial charge in [-0.1, -0.05) is 32.9 Å². The SMILES string of the molecule is CCc1cccc(NC(N)=NCC2CCN(CC(C)C)C2)c1. The highest BCUT2D eigenvalue weighted by molar-refractivity contribution is 5.92. The molecular formula is C18H30N4. The second-order valence-corrected chi connectivity index (χ2v) is 6.71. The van der Waals surface area contributed by atoms with E-state index in [9.17, 15) is 0 Å². The molecule has 22 heavy (non-hydrogen) atoms. The molecule has 0 aromatic heterocycles. The monoisotopic (exact) mass is 302 g/mol. The van der Waals surface area contributed by atoms with Crippen molar-refractivity contribution in [3.8, 4) is 0 Å². The standard InChI is InChI=1S/C18H30N4/c1-4-15-6-5-7-17(10-15)21-18(19)20-11-16-8-9-22(13-16)12-14(2)3/h5-7,10,14,16H,4,8-9,11-13H2,1-3H3,(H3,19,20,21). The number of aliphatic imine (C=N–C) groups is 1. The summed E-state index contributed by atoms with van der Waals surface area (Å²) in [5.74, 6) is 1.90. The Morgan fingerprint density at radius 3 is 3.00 bits per heavy atom. The molecule has 1 aromatic carbocycles. The van der Waals surface area contributed by atoms with Crippen LogP contribution in [0.1, 0.15) is 32.8 Å². The van der Waals surface area contributed by atoms with E-state index in [1.54, 1.807) is 0 Å². The maximum atomic E-state index is 6.02. The Bertz CT molecular complexity index is 496. The van der Waals surface area contributed by atoms with Gasteiger partial charge in [0.2, 0.25) is 0 Å². The molecule has 0 aliphatic carbocycles. The first-order chi connectivity index (χ1) is 10.6. The van der Waals surface area contributed by atoms with Gasteiger partial charge in [-0.3, -0.25) is 4.99 Å². The highest BCUT2D eigenvalue weighted by Gasteiger charge is 2.22. The Morgan fingerprint density at radius 1 is 1.45 bits per heavy atom. The summed E-state index contributed by atoms with van der Waals surface area (Å²) in [6, 6.07) is 8.33. The second-order valence-electron chi connectivity index (χ2n) is 6.71. The molecule has 0 bridgehead atoms. The maximum Gasteiger partial charge on any atom is 0.193 e. The summed E-state index contributed by atoms with van der Waals surface area (Å²) < 4.78 is 0. The summed E-state index contributed by atoms with van der Waals surface area (Å²) >= 11 is 0. The molecule has 122 valence electrons. The Morgan fingerprint density at radius 2 is 2.27 bits per heavy atom. The molecule has 0 amide bonds. The van der Waals surface area contributed by atoms with E-state index in [2.05, 4.69) is 54.2 Å². The maximum absolute atomic E-state index is 6.02. The summed E-state index contributed by atoms with van der Waals surface area (Å²) in [6.45, 7) is 11.1. The number of anilines is 1. The average Bonchev–Trinajstić information content (AvgIpc) is 2.92. The minimum Gasteiger partial charge on any atom is -0.370 e. The van der Waals surface area contributed by atoms with Crippen LogP contribution in [-0.4, -0.2) is 37.0 Å². The molecule has 3 N–H and O–H groups in total. The van der Waals surface area contributed by atoms with Gasteiger partial charge < -0.3 is 16.0 Å². The van der Waals surface area contributed by atoms with Gasteiger partial charge in [0.05, 0.1) is 0 Å². The number of rotatable bonds is 6. The van der Waals surface area contributed by atoms with Crippen LogP contribution in [0, 0.1) is 11.8 Å². The molecule has 0 radical (unpaired) electrons. The predicted molar refractivity (Wildman–Crippen MR) is 95.3 cm³/mol. The van der Waals surface area contributed by atoms with Crippen molar-refractivity contribution in [2.45, 2.75) is 33.6 Å². The van der Waals surface area contributed by atoms with E-state index in [4.69, 9.17) is 5.73 Å². The zero-order valence-electron chi connectivity index (χ0n) is 14.2. The fourth-order valence-electron chi connectivity index (χ4n) is 3.03. The van der Waals surface area contributed by atoms with E-state index in [1.165, 1.54) is 25.1 Å². The van der Waals surface area contributed by atoms with Crippen LogP contribution in [0.2, 0.25) is 0 Å². The summed E-state index contributed by atoms with van der Waals surface area (Å²) in [6.07, 6.45) is 2.26. The minimum atomic E-state index is 0.524. The Hall–Kier alpha value is -1.55. The zero-order chi connectivity index (χ0) is 15.9. The molecule has 1 unspecified atom stereocenters. The van der Waals surface area contributed by atoms with Gasteiger partial charge >= 0.3 is 0 Å². The van der Waals surface area contributed by atoms with E-state index in [0.29, 0.717) is 11.9 Å².